The molecule has 1 amide bonds. The summed E-state index contributed by atoms with van der Waals surface area (Å²) in [5.74, 6) is -0.383. The molecule has 1 heterocycles. The van der Waals surface area contributed by atoms with Crippen molar-refractivity contribution in [3.8, 4) is 6.07 Å². The van der Waals surface area contributed by atoms with Crippen molar-refractivity contribution in [3.05, 3.63) is 29.8 Å². The number of hydrogen-bond donors (Lipinski definition) is 1. The number of amides is 1. The fraction of sp³-hybridized carbons (Fsp3) is 0.500. The van der Waals surface area contributed by atoms with E-state index in [4.69, 9.17) is 11.0 Å². The molecule has 7 heteroatoms. The maximum atomic E-state index is 13.0. The number of nitriles is 1. The van der Waals surface area contributed by atoms with Gasteiger partial charge in [-0.25, -0.2) is 8.42 Å². The van der Waals surface area contributed by atoms with Crippen molar-refractivity contribution in [3.63, 3.8) is 0 Å². The monoisotopic (exact) mass is 333 g/mol. The van der Waals surface area contributed by atoms with E-state index in [2.05, 4.69) is 0 Å². The molecule has 1 saturated heterocycles. The zero-order valence-electron chi connectivity index (χ0n) is 12.7. The summed E-state index contributed by atoms with van der Waals surface area (Å²) in [6, 6.07) is 6.82. The summed E-state index contributed by atoms with van der Waals surface area (Å²) in [4.78, 5) is 11.9. The summed E-state index contributed by atoms with van der Waals surface area (Å²) in [7, 11) is -3.81. The average Bonchev–Trinajstić information content (AvgIpc) is 2.95. The lowest BCUT2D eigenvalue weighted by molar-refractivity contribution is -0.121. The molecule has 0 aromatic heterocycles. The molecule has 0 radical (unpaired) electrons. The third kappa shape index (κ3) is 2.73. The SMILES string of the molecule is N#Cc1ccc(S(=O)(=O)N2[C@H](C(N)=O)C[C@@H]3CCCC[C@@H]32)cc1. The fourth-order valence-corrected chi connectivity index (χ4v) is 5.71. The van der Waals surface area contributed by atoms with Crippen molar-refractivity contribution in [1.29, 1.82) is 5.26 Å². The molecule has 6 nitrogen and oxygen atoms in total. The number of primary amides is 1. The first kappa shape index (κ1) is 16.0. The molecular formula is C16H19N3O3S. The van der Waals surface area contributed by atoms with Crippen LogP contribution in [0.2, 0.25) is 0 Å². The second-order valence-electron chi connectivity index (χ2n) is 6.24. The van der Waals surface area contributed by atoms with Crippen LogP contribution >= 0.6 is 0 Å². The second-order valence-corrected chi connectivity index (χ2v) is 8.08. The summed E-state index contributed by atoms with van der Waals surface area (Å²) in [5.41, 5.74) is 5.87. The zero-order valence-corrected chi connectivity index (χ0v) is 13.5. The van der Waals surface area contributed by atoms with E-state index in [9.17, 15) is 13.2 Å². The van der Waals surface area contributed by atoms with Gasteiger partial charge in [0.1, 0.15) is 6.04 Å². The van der Waals surface area contributed by atoms with Gasteiger partial charge in [0.2, 0.25) is 15.9 Å². The molecule has 1 saturated carbocycles. The highest BCUT2D eigenvalue weighted by Gasteiger charge is 2.50. The number of nitrogens with two attached hydrogens (primary N) is 1. The minimum absolute atomic E-state index is 0.106. The predicted molar refractivity (Wildman–Crippen MR) is 83.5 cm³/mol. The van der Waals surface area contributed by atoms with Gasteiger partial charge in [-0.3, -0.25) is 4.79 Å². The molecular weight excluding hydrogens is 314 g/mol. The van der Waals surface area contributed by atoms with Crippen LogP contribution in [0.4, 0.5) is 0 Å². The van der Waals surface area contributed by atoms with Crippen molar-refractivity contribution in [1.82, 2.24) is 4.31 Å². The highest BCUT2D eigenvalue weighted by atomic mass is 32.2. The molecule has 0 spiro atoms. The Morgan fingerprint density at radius 3 is 2.48 bits per heavy atom. The van der Waals surface area contributed by atoms with Gasteiger partial charge in [0.15, 0.2) is 0 Å². The van der Waals surface area contributed by atoms with Crippen molar-refractivity contribution in [2.24, 2.45) is 11.7 Å². The van der Waals surface area contributed by atoms with Crippen LogP contribution in [0.5, 0.6) is 0 Å². The minimum atomic E-state index is -3.81. The standard InChI is InChI=1S/C16H19N3O3S/c17-10-11-5-7-13(8-6-11)23(21,22)19-14-4-2-1-3-12(14)9-15(19)16(18)20/h5-8,12,14-15H,1-4,9H2,(H2,18,20)/t12-,14-,15-/m0/s1. The van der Waals surface area contributed by atoms with Crippen LogP contribution in [0.15, 0.2) is 29.2 Å². The Morgan fingerprint density at radius 1 is 1.22 bits per heavy atom. The van der Waals surface area contributed by atoms with Gasteiger partial charge in [-0.1, -0.05) is 12.8 Å². The summed E-state index contributed by atoms with van der Waals surface area (Å²) >= 11 is 0. The first-order valence-electron chi connectivity index (χ1n) is 7.78. The van der Waals surface area contributed by atoms with Crippen LogP contribution in [0, 0.1) is 17.2 Å². The van der Waals surface area contributed by atoms with Crippen molar-refractivity contribution in [2.45, 2.75) is 49.1 Å². The number of carbonyl (C=O) groups is 1. The molecule has 23 heavy (non-hydrogen) atoms. The van der Waals surface area contributed by atoms with Crippen LogP contribution in [-0.4, -0.2) is 30.7 Å². The molecule has 3 atom stereocenters. The summed E-state index contributed by atoms with van der Waals surface area (Å²) in [5, 5.41) is 8.84. The van der Waals surface area contributed by atoms with E-state index >= 15 is 0 Å². The molecule has 1 aromatic rings. The lowest BCUT2D eigenvalue weighted by Crippen LogP contribution is -2.48. The Bertz CT molecular complexity index is 752. The normalized spacial score (nSPS) is 28.0. The van der Waals surface area contributed by atoms with Crippen LogP contribution in [0.25, 0.3) is 0 Å². The largest absolute Gasteiger partial charge is 0.368 e. The molecule has 122 valence electrons. The van der Waals surface area contributed by atoms with Crippen LogP contribution < -0.4 is 5.73 Å². The van der Waals surface area contributed by atoms with E-state index in [1.54, 1.807) is 0 Å². The van der Waals surface area contributed by atoms with Gasteiger partial charge in [0, 0.05) is 6.04 Å². The number of sulfonamides is 1. The Labute approximate surface area is 135 Å². The first-order valence-corrected chi connectivity index (χ1v) is 9.22. The van der Waals surface area contributed by atoms with Gasteiger partial charge in [0.05, 0.1) is 16.5 Å². The van der Waals surface area contributed by atoms with Gasteiger partial charge in [-0.15, -0.1) is 0 Å². The van der Waals surface area contributed by atoms with Gasteiger partial charge in [-0.2, -0.15) is 9.57 Å². The molecule has 2 aliphatic rings. The van der Waals surface area contributed by atoms with E-state index in [1.165, 1.54) is 28.6 Å². The molecule has 0 bridgehead atoms. The quantitative estimate of drug-likeness (QED) is 0.901. The molecule has 2 N–H and O–H groups in total. The summed E-state index contributed by atoms with van der Waals surface area (Å²) < 4.78 is 27.4. The molecule has 2 fully saturated rings. The number of rotatable bonds is 3. The molecule has 1 aliphatic carbocycles. The minimum Gasteiger partial charge on any atom is -0.368 e. The number of fused-ring (bicyclic) bond motifs is 1. The number of carbonyl (C=O) groups excluding carboxylic acids is 1. The Balaban J connectivity index is 2.01. The smallest absolute Gasteiger partial charge is 0.244 e. The van der Waals surface area contributed by atoms with E-state index in [0.29, 0.717) is 12.0 Å². The van der Waals surface area contributed by atoms with Crippen molar-refractivity contribution >= 4 is 15.9 Å². The Morgan fingerprint density at radius 2 is 1.87 bits per heavy atom. The molecule has 1 aliphatic heterocycles. The number of nitrogens with zero attached hydrogens (tertiary/aromatic N) is 2. The Kier molecular flexibility index (Phi) is 4.13. The van der Waals surface area contributed by atoms with Gasteiger partial charge in [-0.05, 0) is 49.4 Å². The van der Waals surface area contributed by atoms with Crippen LogP contribution in [0.3, 0.4) is 0 Å². The number of benzene rings is 1. The summed E-state index contributed by atoms with van der Waals surface area (Å²) in [6.07, 6.45) is 4.25. The third-order valence-corrected chi connectivity index (χ3v) is 6.86. The first-order chi connectivity index (χ1) is 10.9. The zero-order chi connectivity index (χ0) is 16.6. The fourth-order valence-electron chi connectivity index (χ4n) is 3.83. The summed E-state index contributed by atoms with van der Waals surface area (Å²) in [6.45, 7) is 0. The van der Waals surface area contributed by atoms with Crippen LogP contribution in [-0.2, 0) is 14.8 Å². The molecule has 0 unspecified atom stereocenters. The lowest BCUT2D eigenvalue weighted by Gasteiger charge is -2.32. The van der Waals surface area contributed by atoms with Gasteiger partial charge < -0.3 is 5.73 Å². The predicted octanol–water partition coefficient (Wildman–Crippen LogP) is 1.37. The van der Waals surface area contributed by atoms with E-state index in [1.807, 2.05) is 6.07 Å². The van der Waals surface area contributed by atoms with E-state index in [0.717, 1.165) is 25.7 Å². The molecule has 1 aromatic carbocycles. The van der Waals surface area contributed by atoms with Gasteiger partial charge in [0.25, 0.3) is 0 Å². The lowest BCUT2D eigenvalue weighted by atomic mass is 9.85. The number of hydrogen-bond acceptors (Lipinski definition) is 4. The third-order valence-electron chi connectivity index (χ3n) is 4.92. The van der Waals surface area contributed by atoms with Crippen molar-refractivity contribution < 1.29 is 13.2 Å². The van der Waals surface area contributed by atoms with Crippen molar-refractivity contribution in [2.75, 3.05) is 0 Å². The van der Waals surface area contributed by atoms with Gasteiger partial charge >= 0.3 is 0 Å². The highest BCUT2D eigenvalue weighted by molar-refractivity contribution is 7.89. The highest BCUT2D eigenvalue weighted by Crippen LogP contribution is 2.42. The maximum absolute atomic E-state index is 13.0. The van der Waals surface area contributed by atoms with Crippen LogP contribution in [0.1, 0.15) is 37.7 Å². The topological polar surface area (TPSA) is 104 Å². The maximum Gasteiger partial charge on any atom is 0.244 e. The molecule has 3 rings (SSSR count). The average molecular weight is 333 g/mol. The second kappa shape index (κ2) is 5.95. The van der Waals surface area contributed by atoms with E-state index in [-0.39, 0.29) is 16.9 Å². The van der Waals surface area contributed by atoms with E-state index < -0.39 is 22.0 Å². The Hall–Kier alpha value is -1.91.